The molecule has 1 saturated heterocycles. The molecule has 120 valence electrons. The van der Waals surface area contributed by atoms with Crippen LogP contribution in [0.15, 0.2) is 30.3 Å². The first-order valence-electron chi connectivity index (χ1n) is 7.31. The Labute approximate surface area is 136 Å². The second-order valence-electron chi connectivity index (χ2n) is 5.84. The van der Waals surface area contributed by atoms with Crippen molar-refractivity contribution in [2.45, 2.75) is 18.6 Å². The summed E-state index contributed by atoms with van der Waals surface area (Å²) in [5.74, 6) is 0.690. The number of halogens is 4. The van der Waals surface area contributed by atoms with E-state index in [1.807, 2.05) is 0 Å². The number of aromatic nitrogens is 1. The number of nitrogens with zero attached hydrogens (tertiary/aromatic N) is 2. The van der Waals surface area contributed by atoms with Crippen molar-refractivity contribution < 1.29 is 13.2 Å². The van der Waals surface area contributed by atoms with Gasteiger partial charge in [-0.2, -0.15) is 13.2 Å². The summed E-state index contributed by atoms with van der Waals surface area (Å²) in [4.78, 5) is 6.69. The van der Waals surface area contributed by atoms with Gasteiger partial charge in [0, 0.05) is 24.7 Å². The summed E-state index contributed by atoms with van der Waals surface area (Å²) in [5.41, 5.74) is 0.940. The summed E-state index contributed by atoms with van der Waals surface area (Å²) in [5, 5.41) is 3.69. The predicted octanol–water partition coefficient (Wildman–Crippen LogP) is 4.43. The van der Waals surface area contributed by atoms with Crippen LogP contribution < -0.4 is 10.2 Å². The number of hydrogen-bond donors (Lipinski definition) is 1. The highest BCUT2D eigenvalue weighted by atomic mass is 35.5. The van der Waals surface area contributed by atoms with Gasteiger partial charge in [0.25, 0.3) is 0 Å². The molecule has 3 heterocycles. The highest BCUT2D eigenvalue weighted by Crippen LogP contribution is 2.40. The van der Waals surface area contributed by atoms with Crippen LogP contribution in [-0.4, -0.2) is 24.1 Å². The molecular formula is C16H13ClF3N3. The van der Waals surface area contributed by atoms with E-state index in [1.54, 1.807) is 12.1 Å². The third-order valence-corrected chi connectivity index (χ3v) is 4.58. The molecule has 1 aromatic carbocycles. The van der Waals surface area contributed by atoms with Crippen LogP contribution in [0.2, 0.25) is 5.02 Å². The number of benzene rings is 1. The van der Waals surface area contributed by atoms with Crippen molar-refractivity contribution in [3.05, 3.63) is 40.9 Å². The first-order valence-corrected chi connectivity index (χ1v) is 7.69. The molecular weight excluding hydrogens is 327 g/mol. The number of alkyl halides is 3. The van der Waals surface area contributed by atoms with Crippen molar-refractivity contribution in [2.75, 3.05) is 23.3 Å². The van der Waals surface area contributed by atoms with E-state index in [9.17, 15) is 13.2 Å². The molecule has 7 heteroatoms. The van der Waals surface area contributed by atoms with Gasteiger partial charge in [-0.1, -0.05) is 23.7 Å². The lowest BCUT2D eigenvalue weighted by Gasteiger charge is -2.28. The van der Waals surface area contributed by atoms with Gasteiger partial charge < -0.3 is 10.2 Å². The van der Waals surface area contributed by atoms with E-state index < -0.39 is 11.7 Å². The number of pyridine rings is 1. The lowest BCUT2D eigenvalue weighted by Crippen LogP contribution is -2.32. The van der Waals surface area contributed by atoms with Crippen LogP contribution in [0.3, 0.4) is 0 Å². The van der Waals surface area contributed by atoms with E-state index in [1.165, 1.54) is 6.07 Å². The zero-order valence-electron chi connectivity index (χ0n) is 12.0. The lowest BCUT2D eigenvalue weighted by molar-refractivity contribution is -0.137. The number of hydrogen-bond acceptors (Lipinski definition) is 3. The molecule has 0 aliphatic carbocycles. The molecule has 2 bridgehead atoms. The molecule has 1 fully saturated rings. The molecule has 2 aliphatic heterocycles. The molecule has 1 atom stereocenters. The molecule has 1 aromatic heterocycles. The summed E-state index contributed by atoms with van der Waals surface area (Å²) in [6.07, 6.45) is -3.37. The molecule has 0 saturated carbocycles. The van der Waals surface area contributed by atoms with E-state index in [4.69, 9.17) is 11.6 Å². The van der Waals surface area contributed by atoms with Gasteiger partial charge in [-0.15, -0.1) is 0 Å². The van der Waals surface area contributed by atoms with Gasteiger partial charge in [0.05, 0.1) is 22.0 Å². The maximum Gasteiger partial charge on any atom is 0.416 e. The number of fused-ring (bicyclic) bond motifs is 4. The van der Waals surface area contributed by atoms with Crippen molar-refractivity contribution in [1.29, 1.82) is 0 Å². The lowest BCUT2D eigenvalue weighted by atomic mass is 10.1. The standard InChI is InChI=1S/C16H13ClF3N3/c17-12-7-13-15(21-11-4-5-23(13)8-11)22-14(12)9-2-1-3-10(6-9)16(18,19)20/h1-3,6-7,11H,4-5,8H2,(H,21,22). The van der Waals surface area contributed by atoms with Gasteiger partial charge in [0.2, 0.25) is 0 Å². The minimum absolute atomic E-state index is 0.338. The Hall–Kier alpha value is -1.95. The molecule has 2 aliphatic rings. The van der Waals surface area contributed by atoms with Crippen molar-refractivity contribution in [1.82, 2.24) is 4.98 Å². The normalized spacial score (nSPS) is 19.5. The molecule has 0 spiro atoms. The summed E-state index contributed by atoms with van der Waals surface area (Å²) in [7, 11) is 0. The quantitative estimate of drug-likeness (QED) is 0.833. The Bertz CT molecular complexity index is 776. The van der Waals surface area contributed by atoms with Gasteiger partial charge in [0.15, 0.2) is 5.82 Å². The smallest absolute Gasteiger partial charge is 0.366 e. The largest absolute Gasteiger partial charge is 0.416 e. The highest BCUT2D eigenvalue weighted by Gasteiger charge is 2.33. The molecule has 0 radical (unpaired) electrons. The van der Waals surface area contributed by atoms with Crippen LogP contribution in [0, 0.1) is 0 Å². The first-order chi connectivity index (χ1) is 10.9. The Kier molecular flexibility index (Phi) is 3.20. The fraction of sp³-hybridized carbons (Fsp3) is 0.312. The van der Waals surface area contributed by atoms with Gasteiger partial charge in [-0.25, -0.2) is 4.98 Å². The fourth-order valence-electron chi connectivity index (χ4n) is 3.16. The maximum absolute atomic E-state index is 12.9. The van der Waals surface area contributed by atoms with Crippen LogP contribution in [0.5, 0.6) is 0 Å². The van der Waals surface area contributed by atoms with Crippen LogP contribution in [0.25, 0.3) is 11.3 Å². The van der Waals surface area contributed by atoms with Crippen molar-refractivity contribution in [2.24, 2.45) is 0 Å². The summed E-state index contributed by atoms with van der Waals surface area (Å²) < 4.78 is 38.7. The monoisotopic (exact) mass is 339 g/mol. The van der Waals surface area contributed by atoms with Crippen LogP contribution >= 0.6 is 11.6 Å². The Morgan fingerprint density at radius 2 is 2.09 bits per heavy atom. The Balaban J connectivity index is 1.80. The molecule has 4 rings (SSSR count). The predicted molar refractivity (Wildman–Crippen MR) is 83.9 cm³/mol. The molecule has 1 N–H and O–H groups in total. The van der Waals surface area contributed by atoms with Crippen LogP contribution in [0.1, 0.15) is 12.0 Å². The van der Waals surface area contributed by atoms with Gasteiger partial charge >= 0.3 is 6.18 Å². The highest BCUT2D eigenvalue weighted by molar-refractivity contribution is 6.33. The third-order valence-electron chi connectivity index (χ3n) is 4.29. The SMILES string of the molecule is FC(F)(F)c1cccc(-c2nc3c(cc2Cl)N2CCC(C2)N3)c1. The average molecular weight is 340 g/mol. The summed E-state index contributed by atoms with van der Waals surface area (Å²) in [6.45, 7) is 1.85. The topological polar surface area (TPSA) is 28.2 Å². The van der Waals surface area contributed by atoms with Gasteiger partial charge in [0.1, 0.15) is 0 Å². The van der Waals surface area contributed by atoms with Crippen molar-refractivity contribution in [3.8, 4) is 11.3 Å². The third kappa shape index (κ3) is 2.51. The van der Waals surface area contributed by atoms with Crippen LogP contribution in [0.4, 0.5) is 24.7 Å². The van der Waals surface area contributed by atoms with E-state index >= 15 is 0 Å². The van der Waals surface area contributed by atoms with Crippen LogP contribution in [-0.2, 0) is 6.18 Å². The molecule has 23 heavy (non-hydrogen) atoms. The summed E-state index contributed by atoms with van der Waals surface area (Å²) >= 11 is 6.30. The number of anilines is 2. The number of nitrogens with one attached hydrogen (secondary N) is 1. The van der Waals surface area contributed by atoms with E-state index in [2.05, 4.69) is 15.2 Å². The Morgan fingerprint density at radius 1 is 1.26 bits per heavy atom. The minimum Gasteiger partial charge on any atom is -0.366 e. The Morgan fingerprint density at radius 3 is 2.87 bits per heavy atom. The van der Waals surface area contributed by atoms with Crippen molar-refractivity contribution >= 4 is 23.1 Å². The van der Waals surface area contributed by atoms with Crippen molar-refractivity contribution in [3.63, 3.8) is 0 Å². The first kappa shape index (κ1) is 14.6. The number of rotatable bonds is 1. The fourth-order valence-corrected chi connectivity index (χ4v) is 3.42. The molecule has 2 aromatic rings. The zero-order valence-corrected chi connectivity index (χ0v) is 12.7. The second kappa shape index (κ2) is 5.03. The second-order valence-corrected chi connectivity index (χ2v) is 6.25. The van der Waals surface area contributed by atoms with Gasteiger partial charge in [-0.05, 0) is 24.6 Å². The minimum atomic E-state index is -4.39. The summed E-state index contributed by atoms with van der Waals surface area (Å²) in [6, 6.07) is 7.21. The average Bonchev–Trinajstić information content (AvgIpc) is 2.90. The van der Waals surface area contributed by atoms with E-state index in [-0.39, 0.29) is 0 Å². The van der Waals surface area contributed by atoms with E-state index in [0.29, 0.717) is 28.1 Å². The maximum atomic E-state index is 12.9. The van der Waals surface area contributed by atoms with E-state index in [0.717, 1.165) is 37.3 Å². The molecule has 3 nitrogen and oxygen atoms in total. The zero-order chi connectivity index (χ0) is 16.2. The van der Waals surface area contributed by atoms with Gasteiger partial charge in [-0.3, -0.25) is 0 Å². The molecule has 0 amide bonds. The molecule has 1 unspecified atom stereocenters.